The lowest BCUT2D eigenvalue weighted by Gasteiger charge is -2.06. The molecule has 108 valence electrons. The Hall–Kier alpha value is -0.760. The van der Waals surface area contributed by atoms with Crippen molar-refractivity contribution in [2.75, 3.05) is 25.4 Å². The molecule has 0 saturated carbocycles. The van der Waals surface area contributed by atoms with Crippen LogP contribution < -0.4 is 10.1 Å². The Labute approximate surface area is 117 Å². The van der Waals surface area contributed by atoms with Crippen LogP contribution >= 0.6 is 10.8 Å². The fraction of sp³-hybridized carbons (Fsp3) is 0.500. The Morgan fingerprint density at radius 2 is 1.89 bits per heavy atom. The number of hydrogen-bond acceptors (Lipinski definition) is 5. The average Bonchev–Trinajstić information content (AvgIpc) is 2.37. The third-order valence-corrected chi connectivity index (χ3v) is 4.33. The SMILES string of the molecule is O=S(=O)(O)SCCNCCCCOc1ccccc1. The fourth-order valence-electron chi connectivity index (χ4n) is 1.40. The highest BCUT2D eigenvalue weighted by Gasteiger charge is 2.03. The van der Waals surface area contributed by atoms with E-state index in [1.807, 2.05) is 30.3 Å². The Morgan fingerprint density at radius 1 is 1.16 bits per heavy atom. The minimum Gasteiger partial charge on any atom is -0.494 e. The Bertz CT molecular complexity index is 436. The highest BCUT2D eigenvalue weighted by molar-refractivity contribution is 8.69. The molecule has 0 bridgehead atoms. The maximum atomic E-state index is 10.4. The molecule has 0 fully saturated rings. The van der Waals surface area contributed by atoms with Crippen LogP contribution in [0.5, 0.6) is 5.75 Å². The van der Waals surface area contributed by atoms with Gasteiger partial charge in [-0.2, -0.15) is 8.42 Å². The zero-order chi connectivity index (χ0) is 14.0. The topological polar surface area (TPSA) is 75.6 Å². The number of hydrogen-bond donors (Lipinski definition) is 2. The van der Waals surface area contributed by atoms with Gasteiger partial charge in [-0.25, -0.2) is 0 Å². The average molecular weight is 305 g/mol. The van der Waals surface area contributed by atoms with Crippen molar-refractivity contribution in [3.05, 3.63) is 30.3 Å². The van der Waals surface area contributed by atoms with E-state index < -0.39 is 9.15 Å². The normalized spacial score (nSPS) is 11.4. The smallest absolute Gasteiger partial charge is 0.319 e. The first-order valence-corrected chi connectivity index (χ1v) is 9.02. The summed E-state index contributed by atoms with van der Waals surface area (Å²) in [6.07, 6.45) is 1.90. The number of rotatable bonds is 10. The Balaban J connectivity index is 1.89. The van der Waals surface area contributed by atoms with Crippen molar-refractivity contribution in [2.24, 2.45) is 0 Å². The molecule has 7 heteroatoms. The number of para-hydroxylation sites is 1. The molecule has 5 nitrogen and oxygen atoms in total. The summed E-state index contributed by atoms with van der Waals surface area (Å²) in [7, 11) is -3.36. The van der Waals surface area contributed by atoms with Gasteiger partial charge in [0, 0.05) is 12.3 Å². The Morgan fingerprint density at radius 3 is 2.58 bits per heavy atom. The molecule has 0 aliphatic rings. The monoisotopic (exact) mass is 305 g/mol. The van der Waals surface area contributed by atoms with Gasteiger partial charge in [-0.1, -0.05) is 18.2 Å². The first kappa shape index (κ1) is 16.3. The summed E-state index contributed by atoms with van der Waals surface area (Å²) in [4.78, 5) is 0. The summed E-state index contributed by atoms with van der Waals surface area (Å²) >= 11 is 0. The van der Waals surface area contributed by atoms with E-state index in [1.54, 1.807) is 0 Å². The maximum absolute atomic E-state index is 10.4. The van der Waals surface area contributed by atoms with E-state index >= 15 is 0 Å². The second kappa shape index (κ2) is 9.19. The van der Waals surface area contributed by atoms with Gasteiger partial charge in [0.1, 0.15) is 5.75 Å². The molecule has 2 N–H and O–H groups in total. The standard InChI is InChI=1S/C12H19NO4S2/c14-19(15,16)18-11-9-13-8-4-5-10-17-12-6-2-1-3-7-12/h1-3,6-7,13H,4-5,8-11H2,(H,14,15,16). The molecule has 19 heavy (non-hydrogen) atoms. The zero-order valence-electron chi connectivity index (χ0n) is 10.6. The molecule has 0 amide bonds. The van der Waals surface area contributed by atoms with E-state index in [0.29, 0.717) is 29.7 Å². The minimum atomic E-state index is -3.90. The van der Waals surface area contributed by atoms with Crippen LogP contribution in [-0.2, 0) is 9.15 Å². The second-order valence-corrected chi connectivity index (χ2v) is 7.34. The molecular weight excluding hydrogens is 286 g/mol. The molecule has 0 unspecified atom stereocenters. The van der Waals surface area contributed by atoms with Crippen LogP contribution in [0.3, 0.4) is 0 Å². The molecule has 0 aromatic heterocycles. The summed E-state index contributed by atoms with van der Waals surface area (Å²) < 4.78 is 34.9. The Kier molecular flexibility index (Phi) is 7.88. The van der Waals surface area contributed by atoms with E-state index in [-0.39, 0.29) is 0 Å². The van der Waals surface area contributed by atoms with Gasteiger partial charge in [0.15, 0.2) is 0 Å². The van der Waals surface area contributed by atoms with Crippen molar-refractivity contribution in [1.29, 1.82) is 0 Å². The van der Waals surface area contributed by atoms with Crippen LogP contribution in [0.2, 0.25) is 0 Å². The van der Waals surface area contributed by atoms with E-state index in [1.165, 1.54) is 0 Å². The van der Waals surface area contributed by atoms with E-state index in [0.717, 1.165) is 25.1 Å². The summed E-state index contributed by atoms with van der Waals surface area (Å²) in [5.74, 6) is 1.22. The van der Waals surface area contributed by atoms with Crippen molar-refractivity contribution >= 4 is 19.9 Å². The van der Waals surface area contributed by atoms with E-state index in [9.17, 15) is 8.42 Å². The lowest BCUT2D eigenvalue weighted by Crippen LogP contribution is -2.19. The molecular formula is C12H19NO4S2. The van der Waals surface area contributed by atoms with Crippen LogP contribution in [0.25, 0.3) is 0 Å². The number of benzene rings is 1. The molecule has 1 rings (SSSR count). The second-order valence-electron chi connectivity index (χ2n) is 3.87. The molecule has 0 heterocycles. The molecule has 0 aliphatic heterocycles. The van der Waals surface area contributed by atoms with Crippen LogP contribution in [-0.4, -0.2) is 38.4 Å². The largest absolute Gasteiger partial charge is 0.494 e. The van der Waals surface area contributed by atoms with Crippen molar-refractivity contribution in [3.8, 4) is 5.75 Å². The van der Waals surface area contributed by atoms with Crippen LogP contribution in [0, 0.1) is 0 Å². The summed E-state index contributed by atoms with van der Waals surface area (Å²) in [6.45, 7) is 2.04. The van der Waals surface area contributed by atoms with E-state index in [4.69, 9.17) is 9.29 Å². The highest BCUT2D eigenvalue weighted by Crippen LogP contribution is 2.09. The van der Waals surface area contributed by atoms with Gasteiger partial charge < -0.3 is 10.1 Å². The third kappa shape index (κ3) is 9.77. The molecule has 0 saturated heterocycles. The molecule has 1 aromatic rings. The fourth-order valence-corrected chi connectivity index (χ4v) is 2.72. The molecule has 1 aromatic carbocycles. The predicted molar refractivity (Wildman–Crippen MR) is 78.0 cm³/mol. The molecule has 0 spiro atoms. The van der Waals surface area contributed by atoms with Gasteiger partial charge in [0.25, 0.3) is 0 Å². The molecule has 0 radical (unpaired) electrons. The summed E-state index contributed by atoms with van der Waals surface area (Å²) in [5, 5.41) is 3.10. The first-order valence-electron chi connectivity index (χ1n) is 6.08. The summed E-state index contributed by atoms with van der Waals surface area (Å²) in [5.41, 5.74) is 0. The van der Waals surface area contributed by atoms with Crippen molar-refractivity contribution < 1.29 is 17.7 Å². The lowest BCUT2D eigenvalue weighted by molar-refractivity contribution is 0.306. The number of unbranched alkanes of at least 4 members (excludes halogenated alkanes) is 1. The molecule has 0 atom stereocenters. The lowest BCUT2D eigenvalue weighted by atomic mass is 10.3. The van der Waals surface area contributed by atoms with Crippen LogP contribution in [0.1, 0.15) is 12.8 Å². The van der Waals surface area contributed by atoms with Gasteiger partial charge in [0.2, 0.25) is 0 Å². The minimum absolute atomic E-state index is 0.347. The van der Waals surface area contributed by atoms with Gasteiger partial charge in [0.05, 0.1) is 6.61 Å². The first-order chi connectivity index (χ1) is 9.08. The van der Waals surface area contributed by atoms with Gasteiger partial charge >= 0.3 is 9.15 Å². The quantitative estimate of drug-likeness (QED) is 0.391. The van der Waals surface area contributed by atoms with Crippen molar-refractivity contribution in [3.63, 3.8) is 0 Å². The highest BCUT2D eigenvalue weighted by atomic mass is 33.1. The van der Waals surface area contributed by atoms with E-state index in [2.05, 4.69) is 5.32 Å². The van der Waals surface area contributed by atoms with Gasteiger partial charge in [-0.15, -0.1) is 0 Å². The third-order valence-electron chi connectivity index (χ3n) is 2.27. The van der Waals surface area contributed by atoms with Crippen molar-refractivity contribution in [2.45, 2.75) is 12.8 Å². The number of nitrogens with one attached hydrogen (secondary N) is 1. The van der Waals surface area contributed by atoms with Crippen LogP contribution in [0.15, 0.2) is 30.3 Å². The summed E-state index contributed by atoms with van der Waals surface area (Å²) in [6, 6.07) is 9.66. The maximum Gasteiger partial charge on any atom is 0.319 e. The predicted octanol–water partition coefficient (Wildman–Crippen LogP) is 1.97. The molecule has 0 aliphatic carbocycles. The van der Waals surface area contributed by atoms with Gasteiger partial charge in [-0.3, -0.25) is 4.55 Å². The van der Waals surface area contributed by atoms with Crippen molar-refractivity contribution in [1.82, 2.24) is 5.32 Å². The zero-order valence-corrected chi connectivity index (χ0v) is 12.3. The van der Waals surface area contributed by atoms with Crippen LogP contribution in [0.4, 0.5) is 0 Å². The number of ether oxygens (including phenoxy) is 1. The van der Waals surface area contributed by atoms with Gasteiger partial charge in [-0.05, 0) is 42.3 Å².